The highest BCUT2D eigenvalue weighted by Gasteiger charge is 2.23. The maximum atomic E-state index is 12.2. The summed E-state index contributed by atoms with van der Waals surface area (Å²) >= 11 is 0. The minimum Gasteiger partial charge on any atom is -0.493 e. The molecule has 6 nitrogen and oxygen atoms in total. The lowest BCUT2D eigenvalue weighted by Crippen LogP contribution is -2.35. The summed E-state index contributed by atoms with van der Waals surface area (Å²) in [6.45, 7) is 0.226. The summed E-state index contributed by atoms with van der Waals surface area (Å²) in [4.78, 5) is 26.3. The molecule has 0 spiro atoms. The molecule has 0 bridgehead atoms. The zero-order chi connectivity index (χ0) is 18.5. The van der Waals surface area contributed by atoms with Gasteiger partial charge in [0.15, 0.2) is 6.61 Å². The van der Waals surface area contributed by atoms with Crippen LogP contribution in [0.3, 0.4) is 0 Å². The van der Waals surface area contributed by atoms with Crippen molar-refractivity contribution in [3.05, 3.63) is 59.7 Å². The molecule has 0 fully saturated rings. The number of anilines is 1. The predicted octanol–water partition coefficient (Wildman–Crippen LogP) is 2.55. The van der Waals surface area contributed by atoms with E-state index in [9.17, 15) is 9.59 Å². The summed E-state index contributed by atoms with van der Waals surface area (Å²) in [5.74, 6) is -0.0680. The number of nitrogens with zero attached hydrogens (tertiary/aromatic N) is 1. The van der Waals surface area contributed by atoms with E-state index in [0.29, 0.717) is 18.6 Å². The van der Waals surface area contributed by atoms with Crippen molar-refractivity contribution in [2.75, 3.05) is 32.2 Å². The largest absolute Gasteiger partial charge is 0.493 e. The summed E-state index contributed by atoms with van der Waals surface area (Å²) in [5, 5.41) is 2.91. The molecule has 1 unspecified atom stereocenters. The number of carbonyl (C=O) groups excluding carboxylic acids is 2. The lowest BCUT2D eigenvalue weighted by atomic mass is 10.0. The fourth-order valence-corrected chi connectivity index (χ4v) is 2.85. The van der Waals surface area contributed by atoms with Gasteiger partial charge in [0.05, 0.1) is 18.2 Å². The van der Waals surface area contributed by atoms with E-state index in [0.717, 1.165) is 17.0 Å². The first kappa shape index (κ1) is 17.8. The Morgan fingerprint density at radius 3 is 2.81 bits per heavy atom. The van der Waals surface area contributed by atoms with Gasteiger partial charge in [0.2, 0.25) is 0 Å². The summed E-state index contributed by atoms with van der Waals surface area (Å²) < 4.78 is 10.7. The average Bonchev–Trinajstić information content (AvgIpc) is 2.66. The molecule has 6 heteroatoms. The molecule has 3 rings (SSSR count). The van der Waals surface area contributed by atoms with Crippen LogP contribution in [0.1, 0.15) is 28.4 Å². The standard InChI is InChI=1S/C20H22N2O4/c1-22(2)15-7-5-6-14(12-15)20(24)26-13-19(23)21-17-10-11-25-18-9-4-3-8-16(17)18/h3-9,12,17H,10-11,13H2,1-2H3,(H,21,23). The van der Waals surface area contributed by atoms with Crippen LogP contribution in [0.2, 0.25) is 0 Å². The van der Waals surface area contributed by atoms with E-state index < -0.39 is 5.97 Å². The summed E-state index contributed by atoms with van der Waals surface area (Å²) in [5.41, 5.74) is 2.25. The second-order valence-electron chi connectivity index (χ2n) is 6.32. The van der Waals surface area contributed by atoms with Crippen LogP contribution in [-0.2, 0) is 9.53 Å². The van der Waals surface area contributed by atoms with Gasteiger partial charge in [-0.05, 0) is 24.3 Å². The number of fused-ring (bicyclic) bond motifs is 1. The Labute approximate surface area is 152 Å². The molecule has 2 aromatic carbocycles. The molecule has 0 saturated heterocycles. The number of rotatable bonds is 5. The molecule has 0 aliphatic carbocycles. The van der Waals surface area contributed by atoms with Crippen LogP contribution in [-0.4, -0.2) is 39.2 Å². The number of hydrogen-bond acceptors (Lipinski definition) is 5. The monoisotopic (exact) mass is 354 g/mol. The molecule has 1 heterocycles. The van der Waals surface area contributed by atoms with Gasteiger partial charge in [-0.3, -0.25) is 4.79 Å². The highest BCUT2D eigenvalue weighted by atomic mass is 16.5. The molecule has 1 aliphatic rings. The second kappa shape index (κ2) is 7.91. The number of hydrogen-bond donors (Lipinski definition) is 1. The zero-order valence-corrected chi connectivity index (χ0v) is 14.9. The fraction of sp³-hybridized carbons (Fsp3) is 0.300. The Morgan fingerprint density at radius 1 is 1.19 bits per heavy atom. The molecule has 0 radical (unpaired) electrons. The average molecular weight is 354 g/mol. The molecule has 1 aliphatic heterocycles. The predicted molar refractivity (Wildman–Crippen MR) is 98.5 cm³/mol. The normalized spacial score (nSPS) is 15.4. The Bertz CT molecular complexity index is 804. The zero-order valence-electron chi connectivity index (χ0n) is 14.9. The lowest BCUT2D eigenvalue weighted by molar-refractivity contribution is -0.125. The van der Waals surface area contributed by atoms with Gasteiger partial charge >= 0.3 is 5.97 Å². The van der Waals surface area contributed by atoms with Crippen molar-refractivity contribution in [1.82, 2.24) is 5.32 Å². The van der Waals surface area contributed by atoms with E-state index in [4.69, 9.17) is 9.47 Å². The molecule has 136 valence electrons. The van der Waals surface area contributed by atoms with E-state index in [-0.39, 0.29) is 18.6 Å². The van der Waals surface area contributed by atoms with Crippen LogP contribution < -0.4 is 15.0 Å². The number of nitrogens with one attached hydrogen (secondary N) is 1. The minimum absolute atomic E-state index is 0.136. The fourth-order valence-electron chi connectivity index (χ4n) is 2.85. The van der Waals surface area contributed by atoms with Gasteiger partial charge in [-0.2, -0.15) is 0 Å². The van der Waals surface area contributed by atoms with Crippen LogP contribution >= 0.6 is 0 Å². The Hall–Kier alpha value is -3.02. The molecule has 0 saturated carbocycles. The van der Waals surface area contributed by atoms with Crippen molar-refractivity contribution in [2.24, 2.45) is 0 Å². The number of benzene rings is 2. The smallest absolute Gasteiger partial charge is 0.338 e. The van der Waals surface area contributed by atoms with Crippen LogP contribution in [0.15, 0.2) is 48.5 Å². The van der Waals surface area contributed by atoms with Crippen molar-refractivity contribution in [2.45, 2.75) is 12.5 Å². The van der Waals surface area contributed by atoms with Gasteiger partial charge in [0.1, 0.15) is 5.75 Å². The van der Waals surface area contributed by atoms with Crippen molar-refractivity contribution in [1.29, 1.82) is 0 Å². The van der Waals surface area contributed by atoms with Crippen molar-refractivity contribution < 1.29 is 19.1 Å². The van der Waals surface area contributed by atoms with Gasteiger partial charge in [-0.1, -0.05) is 24.3 Å². The third kappa shape index (κ3) is 4.14. The maximum Gasteiger partial charge on any atom is 0.338 e. The van der Waals surface area contributed by atoms with Crippen molar-refractivity contribution in [3.63, 3.8) is 0 Å². The molecule has 1 N–H and O–H groups in total. The summed E-state index contributed by atoms with van der Waals surface area (Å²) in [6.07, 6.45) is 0.682. The van der Waals surface area contributed by atoms with Crippen LogP contribution in [0.25, 0.3) is 0 Å². The van der Waals surface area contributed by atoms with Gasteiger partial charge in [0.25, 0.3) is 5.91 Å². The second-order valence-corrected chi connectivity index (χ2v) is 6.32. The van der Waals surface area contributed by atoms with Crippen LogP contribution in [0, 0.1) is 0 Å². The lowest BCUT2D eigenvalue weighted by Gasteiger charge is -2.26. The van der Waals surface area contributed by atoms with E-state index in [1.54, 1.807) is 18.2 Å². The number of esters is 1. The van der Waals surface area contributed by atoms with Gasteiger partial charge in [-0.15, -0.1) is 0 Å². The first-order valence-electron chi connectivity index (χ1n) is 8.50. The Kier molecular flexibility index (Phi) is 5.41. The molecule has 1 atom stereocenters. The quantitative estimate of drug-likeness (QED) is 0.836. The number of amides is 1. The molecular formula is C20H22N2O4. The van der Waals surface area contributed by atoms with Crippen molar-refractivity contribution >= 4 is 17.6 Å². The van der Waals surface area contributed by atoms with E-state index in [1.165, 1.54) is 0 Å². The topological polar surface area (TPSA) is 67.9 Å². The molecule has 0 aromatic heterocycles. The summed E-state index contributed by atoms with van der Waals surface area (Å²) in [6, 6.07) is 14.6. The minimum atomic E-state index is -0.517. The van der Waals surface area contributed by atoms with E-state index >= 15 is 0 Å². The SMILES string of the molecule is CN(C)c1cccc(C(=O)OCC(=O)NC2CCOc3ccccc32)c1. The first-order chi connectivity index (χ1) is 12.5. The van der Waals surface area contributed by atoms with Gasteiger partial charge in [0, 0.05) is 31.8 Å². The van der Waals surface area contributed by atoms with Crippen LogP contribution in [0.4, 0.5) is 5.69 Å². The molecule has 2 aromatic rings. The third-order valence-corrected chi connectivity index (χ3v) is 4.23. The molecule has 26 heavy (non-hydrogen) atoms. The third-order valence-electron chi connectivity index (χ3n) is 4.23. The Balaban J connectivity index is 1.56. The van der Waals surface area contributed by atoms with E-state index in [2.05, 4.69) is 5.32 Å². The Morgan fingerprint density at radius 2 is 2.00 bits per heavy atom. The molecular weight excluding hydrogens is 332 g/mol. The van der Waals surface area contributed by atoms with Gasteiger partial charge < -0.3 is 19.7 Å². The highest BCUT2D eigenvalue weighted by molar-refractivity contribution is 5.92. The highest BCUT2D eigenvalue weighted by Crippen LogP contribution is 2.31. The number of carbonyl (C=O) groups is 2. The maximum absolute atomic E-state index is 12.2. The first-order valence-corrected chi connectivity index (χ1v) is 8.50. The molecule has 1 amide bonds. The summed E-state index contributed by atoms with van der Waals surface area (Å²) in [7, 11) is 3.78. The van der Waals surface area contributed by atoms with E-state index in [1.807, 2.05) is 49.3 Å². The van der Waals surface area contributed by atoms with Crippen LogP contribution in [0.5, 0.6) is 5.75 Å². The number of ether oxygens (including phenoxy) is 2. The van der Waals surface area contributed by atoms with Gasteiger partial charge in [-0.25, -0.2) is 4.79 Å². The van der Waals surface area contributed by atoms with Crippen molar-refractivity contribution in [3.8, 4) is 5.75 Å². The number of para-hydroxylation sites is 1.